The predicted molar refractivity (Wildman–Crippen MR) is 235 cm³/mol. The van der Waals surface area contributed by atoms with E-state index in [2.05, 4.69) is 182 Å². The van der Waals surface area contributed by atoms with Gasteiger partial charge in [-0.3, -0.25) is 0 Å². The molecular formula is C53H33N3O. The highest BCUT2D eigenvalue weighted by atomic mass is 16.3. The molecule has 0 aliphatic rings. The molecule has 11 rings (SSSR count). The lowest BCUT2D eigenvalue weighted by molar-refractivity contribution is 0.669. The van der Waals surface area contributed by atoms with Gasteiger partial charge in [-0.15, -0.1) is 0 Å². The molecular weight excluding hydrogens is 695 g/mol. The fraction of sp³-hybridized carbons (Fsp3) is 0. The second kappa shape index (κ2) is 13.6. The molecule has 9 aromatic carbocycles. The first-order valence-corrected chi connectivity index (χ1v) is 19.2. The molecule has 0 atom stereocenters. The lowest BCUT2D eigenvalue weighted by Gasteiger charge is -2.12. The minimum absolute atomic E-state index is 0.583. The third-order valence-electron chi connectivity index (χ3n) is 10.9. The molecule has 0 saturated heterocycles. The molecule has 11 aromatic rings. The average Bonchev–Trinajstić information content (AvgIpc) is 3.67. The molecule has 0 unspecified atom stereocenters. The second-order valence-electron chi connectivity index (χ2n) is 14.5. The van der Waals surface area contributed by atoms with Crippen LogP contribution < -0.4 is 0 Å². The van der Waals surface area contributed by atoms with Crippen LogP contribution in [0.2, 0.25) is 0 Å². The van der Waals surface area contributed by atoms with Crippen LogP contribution in [0.25, 0.3) is 111 Å². The number of furan rings is 1. The van der Waals surface area contributed by atoms with E-state index in [1.165, 1.54) is 16.5 Å². The van der Waals surface area contributed by atoms with E-state index in [-0.39, 0.29) is 0 Å². The Morgan fingerprint density at radius 3 is 1.51 bits per heavy atom. The molecule has 0 N–H and O–H groups in total. The van der Waals surface area contributed by atoms with Crippen LogP contribution >= 0.6 is 0 Å². The molecule has 57 heavy (non-hydrogen) atoms. The number of fused-ring (bicyclic) bond motifs is 5. The van der Waals surface area contributed by atoms with Crippen molar-refractivity contribution in [3.05, 3.63) is 200 Å². The zero-order chi connectivity index (χ0) is 37.7. The summed E-state index contributed by atoms with van der Waals surface area (Å²) < 4.78 is 6.60. The fourth-order valence-electron chi connectivity index (χ4n) is 7.98. The van der Waals surface area contributed by atoms with E-state index < -0.39 is 0 Å². The molecule has 0 fully saturated rings. The Bertz CT molecular complexity index is 3300. The summed E-state index contributed by atoms with van der Waals surface area (Å²) in [4.78, 5) is 15.7. The number of para-hydroxylation sites is 1. The largest absolute Gasteiger partial charge is 0.456 e. The summed E-state index contributed by atoms with van der Waals surface area (Å²) in [6.45, 7) is 0. The van der Waals surface area contributed by atoms with Crippen LogP contribution in [-0.4, -0.2) is 15.0 Å². The first-order chi connectivity index (χ1) is 28.2. The van der Waals surface area contributed by atoms with Crippen molar-refractivity contribution in [2.75, 3.05) is 0 Å². The molecule has 4 nitrogen and oxygen atoms in total. The molecule has 4 heteroatoms. The van der Waals surface area contributed by atoms with Gasteiger partial charge >= 0.3 is 0 Å². The van der Waals surface area contributed by atoms with Crippen molar-refractivity contribution >= 4 is 43.5 Å². The Balaban J connectivity index is 1.12. The summed E-state index contributed by atoms with van der Waals surface area (Å²) >= 11 is 0. The van der Waals surface area contributed by atoms with Gasteiger partial charge in [-0.25, -0.2) is 15.0 Å². The van der Waals surface area contributed by atoms with Gasteiger partial charge < -0.3 is 4.42 Å². The zero-order valence-electron chi connectivity index (χ0n) is 30.8. The summed E-state index contributed by atoms with van der Waals surface area (Å²) in [5.41, 5.74) is 11.1. The first-order valence-electron chi connectivity index (χ1n) is 19.2. The molecule has 0 radical (unpaired) electrons. The van der Waals surface area contributed by atoms with Crippen molar-refractivity contribution in [2.45, 2.75) is 0 Å². The van der Waals surface area contributed by atoms with Crippen LogP contribution in [0.3, 0.4) is 0 Å². The van der Waals surface area contributed by atoms with E-state index in [1.54, 1.807) is 0 Å². The topological polar surface area (TPSA) is 51.8 Å². The van der Waals surface area contributed by atoms with Crippen molar-refractivity contribution < 1.29 is 4.42 Å². The first kappa shape index (κ1) is 32.7. The number of rotatable bonds is 6. The lowest BCUT2D eigenvalue weighted by Crippen LogP contribution is -2.01. The molecule has 0 saturated carbocycles. The Kier molecular flexibility index (Phi) is 7.78. The van der Waals surface area contributed by atoms with Crippen molar-refractivity contribution in [1.82, 2.24) is 15.0 Å². The summed E-state index contributed by atoms with van der Waals surface area (Å²) in [6, 6.07) is 70.0. The second-order valence-corrected chi connectivity index (χ2v) is 14.5. The number of aromatic nitrogens is 3. The average molecular weight is 728 g/mol. The van der Waals surface area contributed by atoms with E-state index in [9.17, 15) is 0 Å². The molecule has 266 valence electrons. The molecule has 2 aromatic heterocycles. The van der Waals surface area contributed by atoms with E-state index in [0.29, 0.717) is 17.5 Å². The van der Waals surface area contributed by atoms with Crippen LogP contribution in [0.5, 0.6) is 0 Å². The normalized spacial score (nSPS) is 11.5. The highest BCUT2D eigenvalue weighted by Crippen LogP contribution is 2.41. The van der Waals surface area contributed by atoms with Crippen molar-refractivity contribution in [1.29, 1.82) is 0 Å². The van der Waals surface area contributed by atoms with E-state index in [1.807, 2.05) is 18.2 Å². The summed E-state index contributed by atoms with van der Waals surface area (Å²) in [6.07, 6.45) is 0. The number of benzene rings is 9. The lowest BCUT2D eigenvalue weighted by atomic mass is 9.95. The highest BCUT2D eigenvalue weighted by Gasteiger charge is 2.20. The van der Waals surface area contributed by atoms with Gasteiger partial charge in [0.05, 0.1) is 0 Å². The van der Waals surface area contributed by atoms with Crippen LogP contribution in [0.1, 0.15) is 0 Å². The number of hydrogen-bond acceptors (Lipinski definition) is 4. The molecule has 0 spiro atoms. The minimum Gasteiger partial charge on any atom is -0.456 e. The van der Waals surface area contributed by atoms with Crippen LogP contribution in [-0.2, 0) is 0 Å². The maximum absolute atomic E-state index is 6.60. The number of nitrogens with zero attached hydrogens (tertiary/aromatic N) is 3. The van der Waals surface area contributed by atoms with Gasteiger partial charge in [-0.1, -0.05) is 158 Å². The van der Waals surface area contributed by atoms with Gasteiger partial charge in [0.1, 0.15) is 11.2 Å². The molecule has 2 heterocycles. The van der Waals surface area contributed by atoms with Gasteiger partial charge in [0.15, 0.2) is 17.5 Å². The van der Waals surface area contributed by atoms with Gasteiger partial charge in [-0.05, 0) is 97.4 Å². The van der Waals surface area contributed by atoms with Crippen molar-refractivity contribution in [2.24, 2.45) is 0 Å². The van der Waals surface area contributed by atoms with E-state index in [4.69, 9.17) is 19.4 Å². The Morgan fingerprint density at radius 2 is 0.772 bits per heavy atom. The maximum Gasteiger partial charge on any atom is 0.164 e. The van der Waals surface area contributed by atoms with Gasteiger partial charge in [-0.2, -0.15) is 0 Å². The third-order valence-corrected chi connectivity index (χ3v) is 10.9. The molecule has 0 bridgehead atoms. The number of hydrogen-bond donors (Lipinski definition) is 0. The SMILES string of the molecule is c1ccc(-c2cccc(-c3nc(-c4ccc5ccccc5c4)nc(-c4cc(-c5ccc6cc(-c7ccccc7)ccc6c5)cc5oc6ccccc6c45)n3)c2)cc1. The van der Waals surface area contributed by atoms with Crippen molar-refractivity contribution in [3.8, 4) is 67.5 Å². The standard InChI is InChI=1S/C53H33N3O/c1-3-12-34(13-4-1)38-18-11-19-43(30-38)51-54-52(44-27-22-36-16-7-8-17-37(36)31-44)56-53(55-51)47-32-45(33-49-50(47)46-20-9-10-21-48(46)57-49)42-26-25-40-28-39(23-24-41(40)29-42)35-14-5-2-6-15-35/h1-33H. The summed E-state index contributed by atoms with van der Waals surface area (Å²) in [5.74, 6) is 1.80. The van der Waals surface area contributed by atoms with Gasteiger partial charge in [0.25, 0.3) is 0 Å². The maximum atomic E-state index is 6.60. The summed E-state index contributed by atoms with van der Waals surface area (Å²) in [7, 11) is 0. The molecule has 0 aliphatic carbocycles. The summed E-state index contributed by atoms with van der Waals surface area (Å²) in [5, 5.41) is 6.63. The minimum atomic E-state index is 0.583. The Morgan fingerprint density at radius 1 is 0.281 bits per heavy atom. The smallest absolute Gasteiger partial charge is 0.164 e. The molecule has 0 aliphatic heterocycles. The predicted octanol–water partition coefficient (Wildman–Crippen LogP) is 14.1. The Hall–Kier alpha value is -7.69. The van der Waals surface area contributed by atoms with Crippen LogP contribution in [0.15, 0.2) is 205 Å². The third kappa shape index (κ3) is 6.01. The van der Waals surface area contributed by atoms with Gasteiger partial charge in [0.2, 0.25) is 0 Å². The zero-order valence-corrected chi connectivity index (χ0v) is 30.8. The van der Waals surface area contributed by atoms with Crippen molar-refractivity contribution in [3.63, 3.8) is 0 Å². The monoisotopic (exact) mass is 727 g/mol. The fourth-order valence-corrected chi connectivity index (χ4v) is 7.98. The van der Waals surface area contributed by atoms with Crippen LogP contribution in [0.4, 0.5) is 0 Å². The van der Waals surface area contributed by atoms with E-state index >= 15 is 0 Å². The Labute approximate surface area is 329 Å². The quantitative estimate of drug-likeness (QED) is 0.171. The highest BCUT2D eigenvalue weighted by molar-refractivity contribution is 6.13. The van der Waals surface area contributed by atoms with Crippen LogP contribution in [0, 0.1) is 0 Å². The molecule has 0 amide bonds. The van der Waals surface area contributed by atoms with Gasteiger partial charge in [0, 0.05) is 27.5 Å². The van der Waals surface area contributed by atoms with E-state index in [0.717, 1.165) is 77.0 Å².